The van der Waals surface area contributed by atoms with Gasteiger partial charge in [0.25, 0.3) is 0 Å². The molecule has 0 amide bonds. The van der Waals surface area contributed by atoms with Crippen LogP contribution in [0, 0.1) is 11.8 Å². The van der Waals surface area contributed by atoms with Crippen LogP contribution in [0.3, 0.4) is 0 Å². The van der Waals surface area contributed by atoms with Gasteiger partial charge in [0.2, 0.25) is 0 Å². The van der Waals surface area contributed by atoms with Gasteiger partial charge >= 0.3 is 17.9 Å². The van der Waals surface area contributed by atoms with E-state index in [4.69, 9.17) is 14.2 Å². The van der Waals surface area contributed by atoms with E-state index in [1.54, 1.807) is 0 Å². The van der Waals surface area contributed by atoms with E-state index in [0.717, 1.165) is 69.6 Å². The minimum Gasteiger partial charge on any atom is -0.462 e. The van der Waals surface area contributed by atoms with Crippen LogP contribution in [0.25, 0.3) is 0 Å². The smallest absolute Gasteiger partial charge is 0.306 e. The van der Waals surface area contributed by atoms with Gasteiger partial charge in [-0.15, -0.1) is 0 Å². The van der Waals surface area contributed by atoms with Crippen molar-refractivity contribution in [3.8, 4) is 0 Å². The minimum absolute atomic E-state index is 0.0638. The molecule has 0 aliphatic rings. The number of unbranched alkanes of at least 4 members (excludes halogenated alkanes) is 31. The van der Waals surface area contributed by atoms with E-state index >= 15 is 0 Å². The molecule has 0 fully saturated rings. The molecule has 0 radical (unpaired) electrons. The first-order valence-corrected chi connectivity index (χ1v) is 25.7. The van der Waals surface area contributed by atoms with E-state index < -0.39 is 6.10 Å². The first-order valence-electron chi connectivity index (χ1n) is 25.7. The zero-order chi connectivity index (χ0) is 42.6. The Morgan fingerprint density at radius 2 is 0.569 bits per heavy atom. The molecule has 1 atom stereocenters. The highest BCUT2D eigenvalue weighted by molar-refractivity contribution is 5.71. The van der Waals surface area contributed by atoms with Gasteiger partial charge in [-0.3, -0.25) is 14.4 Å². The summed E-state index contributed by atoms with van der Waals surface area (Å²) in [5, 5.41) is 0. The summed E-state index contributed by atoms with van der Waals surface area (Å²) in [6.45, 7) is 11.4. The van der Waals surface area contributed by atoms with Crippen molar-refractivity contribution >= 4 is 17.9 Å². The summed E-state index contributed by atoms with van der Waals surface area (Å²) in [5.74, 6) is 0.801. The van der Waals surface area contributed by atoms with E-state index in [0.29, 0.717) is 19.3 Å². The van der Waals surface area contributed by atoms with Crippen molar-refractivity contribution in [3.63, 3.8) is 0 Å². The zero-order valence-corrected chi connectivity index (χ0v) is 39.7. The van der Waals surface area contributed by atoms with Crippen molar-refractivity contribution < 1.29 is 28.6 Å². The molecular weight excluding hydrogens is 721 g/mol. The molecule has 0 N–H and O–H groups in total. The van der Waals surface area contributed by atoms with Crippen molar-refractivity contribution in [1.29, 1.82) is 0 Å². The summed E-state index contributed by atoms with van der Waals surface area (Å²) in [6.07, 6.45) is 45.1. The fourth-order valence-corrected chi connectivity index (χ4v) is 7.81. The molecule has 58 heavy (non-hydrogen) atoms. The molecule has 0 saturated carbocycles. The van der Waals surface area contributed by atoms with Crippen LogP contribution >= 0.6 is 0 Å². The number of esters is 3. The van der Waals surface area contributed by atoms with E-state index in [2.05, 4.69) is 34.6 Å². The lowest BCUT2D eigenvalue weighted by atomic mass is 10.0. The Kier molecular flexibility index (Phi) is 43.7. The maximum Gasteiger partial charge on any atom is 0.306 e. The van der Waals surface area contributed by atoms with Crippen LogP contribution in [0.5, 0.6) is 0 Å². The third-order valence-corrected chi connectivity index (χ3v) is 11.7. The number of carbonyl (C=O) groups excluding carboxylic acids is 3. The Morgan fingerprint density at radius 1 is 0.328 bits per heavy atom. The van der Waals surface area contributed by atoms with E-state index in [-0.39, 0.29) is 31.1 Å². The molecule has 0 aromatic carbocycles. The van der Waals surface area contributed by atoms with E-state index in [1.165, 1.54) is 173 Å². The lowest BCUT2D eigenvalue weighted by Crippen LogP contribution is -2.30. The predicted octanol–water partition coefficient (Wildman–Crippen LogP) is 16.5. The number of ether oxygens (including phenoxy) is 3. The zero-order valence-electron chi connectivity index (χ0n) is 39.7. The quantitative estimate of drug-likeness (QED) is 0.0346. The summed E-state index contributed by atoms with van der Waals surface area (Å²) < 4.78 is 16.8. The molecule has 6 nitrogen and oxygen atoms in total. The lowest BCUT2D eigenvalue weighted by molar-refractivity contribution is -0.167. The molecule has 0 aliphatic carbocycles. The van der Waals surface area contributed by atoms with Crippen molar-refractivity contribution in [1.82, 2.24) is 0 Å². The Balaban J connectivity index is 4.31. The Morgan fingerprint density at radius 3 is 0.845 bits per heavy atom. The third-order valence-electron chi connectivity index (χ3n) is 11.7. The number of hydrogen-bond acceptors (Lipinski definition) is 6. The molecular formula is C52H100O6. The molecule has 0 aromatic heterocycles. The predicted molar refractivity (Wildman–Crippen MR) is 247 cm³/mol. The fourth-order valence-electron chi connectivity index (χ4n) is 7.81. The van der Waals surface area contributed by atoms with Gasteiger partial charge in [-0.05, 0) is 31.1 Å². The van der Waals surface area contributed by atoms with Gasteiger partial charge < -0.3 is 14.2 Å². The molecule has 0 unspecified atom stereocenters. The molecule has 344 valence electrons. The topological polar surface area (TPSA) is 78.9 Å². The fraction of sp³-hybridized carbons (Fsp3) is 0.942. The van der Waals surface area contributed by atoms with Gasteiger partial charge in [0.05, 0.1) is 0 Å². The minimum atomic E-state index is -0.761. The second-order valence-electron chi connectivity index (χ2n) is 18.8. The molecule has 0 spiro atoms. The summed E-state index contributed by atoms with van der Waals surface area (Å²) in [7, 11) is 0. The van der Waals surface area contributed by atoms with Crippen LogP contribution in [-0.4, -0.2) is 37.2 Å². The molecule has 0 aromatic rings. The molecule has 0 heterocycles. The summed E-state index contributed by atoms with van der Waals surface area (Å²) in [4.78, 5) is 37.9. The average Bonchev–Trinajstić information content (AvgIpc) is 3.19. The van der Waals surface area contributed by atoms with Gasteiger partial charge in [0.1, 0.15) is 13.2 Å². The molecule has 0 bridgehead atoms. The van der Waals surface area contributed by atoms with Crippen molar-refractivity contribution in [2.75, 3.05) is 13.2 Å². The first kappa shape index (κ1) is 56.4. The maximum atomic E-state index is 12.8. The molecule has 0 rings (SSSR count). The Labute approximate surface area is 361 Å². The molecule has 0 aliphatic heterocycles. The molecule has 0 saturated heterocycles. The Hall–Kier alpha value is -1.59. The second kappa shape index (κ2) is 44.9. The van der Waals surface area contributed by atoms with E-state index in [1.807, 2.05) is 0 Å². The first-order chi connectivity index (χ1) is 28.2. The number of carbonyl (C=O) groups is 3. The lowest BCUT2D eigenvalue weighted by Gasteiger charge is -2.18. The normalized spacial score (nSPS) is 12.1. The van der Waals surface area contributed by atoms with Crippen molar-refractivity contribution in [2.45, 2.75) is 291 Å². The van der Waals surface area contributed by atoms with Gasteiger partial charge in [0, 0.05) is 19.3 Å². The van der Waals surface area contributed by atoms with Crippen LogP contribution in [0.2, 0.25) is 0 Å². The van der Waals surface area contributed by atoms with Gasteiger partial charge in [-0.2, -0.15) is 0 Å². The summed E-state index contributed by atoms with van der Waals surface area (Å²) >= 11 is 0. The number of rotatable bonds is 46. The van der Waals surface area contributed by atoms with Crippen LogP contribution in [0.4, 0.5) is 0 Å². The average molecular weight is 821 g/mol. The SMILES string of the molecule is CCCCCCCCCCCCCCC(=O)OC[C@@H](COC(=O)CCCCCCCCCCCCCCC(C)C)OC(=O)CCCCCCCCCCCCC(C)C. The summed E-state index contributed by atoms with van der Waals surface area (Å²) in [6, 6.07) is 0. The van der Waals surface area contributed by atoms with Crippen molar-refractivity contribution in [2.24, 2.45) is 11.8 Å². The highest BCUT2D eigenvalue weighted by Gasteiger charge is 2.19. The maximum absolute atomic E-state index is 12.8. The van der Waals surface area contributed by atoms with E-state index in [9.17, 15) is 14.4 Å². The van der Waals surface area contributed by atoms with Crippen LogP contribution in [0.1, 0.15) is 285 Å². The standard InChI is InChI=1S/C52H100O6/c1-6-7-8-9-10-11-12-16-22-27-32-37-42-50(53)56-45-49(58-52(55)44-39-34-29-24-19-18-21-26-31-36-41-48(4)5)46-57-51(54)43-38-33-28-23-17-14-13-15-20-25-30-35-40-47(2)3/h47-49H,6-46H2,1-5H3/t49-/m0/s1. The van der Waals surface area contributed by atoms with Gasteiger partial charge in [0.15, 0.2) is 6.10 Å². The van der Waals surface area contributed by atoms with Gasteiger partial charge in [-0.1, -0.05) is 247 Å². The van der Waals surface area contributed by atoms with Gasteiger partial charge in [-0.25, -0.2) is 0 Å². The van der Waals surface area contributed by atoms with Crippen molar-refractivity contribution in [3.05, 3.63) is 0 Å². The highest BCUT2D eigenvalue weighted by atomic mass is 16.6. The summed E-state index contributed by atoms with van der Waals surface area (Å²) in [5.41, 5.74) is 0. The highest BCUT2D eigenvalue weighted by Crippen LogP contribution is 2.17. The second-order valence-corrected chi connectivity index (χ2v) is 18.8. The van der Waals surface area contributed by atoms with Crippen LogP contribution in [0.15, 0.2) is 0 Å². The largest absolute Gasteiger partial charge is 0.462 e. The third kappa shape index (κ3) is 45.5. The molecule has 6 heteroatoms. The Bertz CT molecular complexity index is 885. The monoisotopic (exact) mass is 821 g/mol. The van der Waals surface area contributed by atoms with Crippen LogP contribution < -0.4 is 0 Å². The van der Waals surface area contributed by atoms with Crippen LogP contribution in [-0.2, 0) is 28.6 Å². The number of hydrogen-bond donors (Lipinski definition) is 0.